The number of benzene rings is 1. The number of rotatable bonds is 6. The lowest BCUT2D eigenvalue weighted by atomic mass is 10.1. The highest BCUT2D eigenvalue weighted by Gasteiger charge is 2.10. The van der Waals surface area contributed by atoms with E-state index in [9.17, 15) is 9.00 Å². The molecule has 2 unspecified atom stereocenters. The number of nitrogen functional groups attached to an aromatic ring is 1. The predicted octanol–water partition coefficient (Wildman–Crippen LogP) is 1.22. The summed E-state index contributed by atoms with van der Waals surface area (Å²) in [4.78, 5) is 13.9. The monoisotopic (exact) mass is 297 g/mol. The molecular formula is C14H23N3O2S. The molecule has 112 valence electrons. The molecule has 20 heavy (non-hydrogen) atoms. The maximum Gasteiger partial charge on any atom is 0.251 e. The minimum atomic E-state index is -0.858. The molecule has 0 spiro atoms. The van der Waals surface area contributed by atoms with Gasteiger partial charge in [0.05, 0.1) is 11.4 Å². The SMILES string of the molecule is CC(CCNC(=O)c1ccc(N(C)C)c(N)c1)S(C)=O. The van der Waals surface area contributed by atoms with Gasteiger partial charge in [0, 0.05) is 48.5 Å². The van der Waals surface area contributed by atoms with Crippen molar-refractivity contribution in [2.75, 3.05) is 37.5 Å². The Morgan fingerprint density at radius 2 is 2.10 bits per heavy atom. The van der Waals surface area contributed by atoms with Gasteiger partial charge in [-0.3, -0.25) is 9.00 Å². The Bertz CT molecular complexity index is 503. The number of nitrogens with two attached hydrogens (primary N) is 1. The first-order valence-corrected chi connectivity index (χ1v) is 8.12. The molecule has 0 radical (unpaired) electrons. The van der Waals surface area contributed by atoms with E-state index in [1.165, 1.54) is 0 Å². The Hall–Kier alpha value is -1.56. The van der Waals surface area contributed by atoms with E-state index in [1.54, 1.807) is 18.4 Å². The van der Waals surface area contributed by atoms with Crippen LogP contribution in [0.1, 0.15) is 23.7 Å². The van der Waals surface area contributed by atoms with Crippen molar-refractivity contribution in [3.63, 3.8) is 0 Å². The molecule has 3 N–H and O–H groups in total. The summed E-state index contributed by atoms with van der Waals surface area (Å²) < 4.78 is 11.2. The van der Waals surface area contributed by atoms with E-state index >= 15 is 0 Å². The number of carbonyl (C=O) groups excluding carboxylic acids is 1. The second kappa shape index (κ2) is 7.28. The van der Waals surface area contributed by atoms with E-state index < -0.39 is 10.8 Å². The van der Waals surface area contributed by atoms with Crippen LogP contribution < -0.4 is 16.0 Å². The smallest absolute Gasteiger partial charge is 0.251 e. The summed E-state index contributed by atoms with van der Waals surface area (Å²) in [5, 5.41) is 2.90. The summed E-state index contributed by atoms with van der Waals surface area (Å²) in [6, 6.07) is 5.25. The molecule has 1 amide bonds. The highest BCUT2D eigenvalue weighted by Crippen LogP contribution is 2.22. The summed E-state index contributed by atoms with van der Waals surface area (Å²) in [5.41, 5.74) is 7.92. The molecule has 0 aliphatic carbocycles. The van der Waals surface area contributed by atoms with E-state index in [-0.39, 0.29) is 11.2 Å². The van der Waals surface area contributed by atoms with E-state index in [0.29, 0.717) is 24.2 Å². The maximum atomic E-state index is 12.0. The van der Waals surface area contributed by atoms with Crippen molar-refractivity contribution in [1.29, 1.82) is 0 Å². The maximum absolute atomic E-state index is 12.0. The van der Waals surface area contributed by atoms with Crippen molar-refractivity contribution in [3.05, 3.63) is 23.8 Å². The molecule has 0 heterocycles. The summed E-state index contributed by atoms with van der Waals surface area (Å²) in [7, 11) is 2.94. The van der Waals surface area contributed by atoms with Gasteiger partial charge in [-0.25, -0.2) is 0 Å². The zero-order chi connectivity index (χ0) is 15.3. The molecule has 0 aromatic heterocycles. The molecule has 2 atom stereocenters. The van der Waals surface area contributed by atoms with Gasteiger partial charge in [-0.2, -0.15) is 0 Å². The standard InChI is InChI=1S/C14H23N3O2S/c1-10(20(4)19)7-8-16-14(18)11-5-6-13(17(2)3)12(15)9-11/h5-6,9-10H,7-8,15H2,1-4H3,(H,16,18). The molecular weight excluding hydrogens is 274 g/mol. The van der Waals surface area contributed by atoms with Crippen LogP contribution in [0.25, 0.3) is 0 Å². The molecule has 0 saturated carbocycles. The lowest BCUT2D eigenvalue weighted by Gasteiger charge is -2.16. The molecule has 0 aliphatic rings. The molecule has 0 saturated heterocycles. The van der Waals surface area contributed by atoms with Crippen molar-refractivity contribution in [2.45, 2.75) is 18.6 Å². The Balaban J connectivity index is 2.60. The van der Waals surface area contributed by atoms with E-state index in [1.807, 2.05) is 32.0 Å². The zero-order valence-corrected chi connectivity index (χ0v) is 13.3. The van der Waals surface area contributed by atoms with Crippen LogP contribution in [0.15, 0.2) is 18.2 Å². The first-order chi connectivity index (χ1) is 9.32. The molecule has 0 fully saturated rings. The average molecular weight is 297 g/mol. The van der Waals surface area contributed by atoms with Gasteiger partial charge < -0.3 is 16.0 Å². The average Bonchev–Trinajstić information content (AvgIpc) is 2.37. The number of carbonyl (C=O) groups is 1. The summed E-state index contributed by atoms with van der Waals surface area (Å²) in [6.45, 7) is 2.42. The van der Waals surface area contributed by atoms with Crippen LogP contribution in [-0.2, 0) is 10.8 Å². The van der Waals surface area contributed by atoms with Gasteiger partial charge in [-0.1, -0.05) is 6.92 Å². The zero-order valence-electron chi connectivity index (χ0n) is 12.5. The number of amides is 1. The van der Waals surface area contributed by atoms with Crippen molar-refractivity contribution >= 4 is 28.1 Å². The van der Waals surface area contributed by atoms with E-state index in [0.717, 1.165) is 5.69 Å². The number of anilines is 2. The van der Waals surface area contributed by atoms with E-state index in [2.05, 4.69) is 5.32 Å². The van der Waals surface area contributed by atoms with Gasteiger partial charge in [0.1, 0.15) is 0 Å². The summed E-state index contributed by atoms with van der Waals surface area (Å²) in [6.07, 6.45) is 2.37. The Kier molecular flexibility index (Phi) is 6.01. The Morgan fingerprint density at radius 1 is 1.45 bits per heavy atom. The molecule has 6 heteroatoms. The third-order valence-corrected chi connectivity index (χ3v) is 4.54. The minimum Gasteiger partial charge on any atom is -0.397 e. The largest absolute Gasteiger partial charge is 0.397 e. The van der Waals surface area contributed by atoms with Crippen LogP contribution in [0.4, 0.5) is 11.4 Å². The Morgan fingerprint density at radius 3 is 2.60 bits per heavy atom. The topological polar surface area (TPSA) is 75.4 Å². The molecule has 1 aromatic carbocycles. The third-order valence-electron chi connectivity index (χ3n) is 3.17. The van der Waals surface area contributed by atoms with Gasteiger partial charge in [-0.15, -0.1) is 0 Å². The van der Waals surface area contributed by atoms with Gasteiger partial charge in [0.25, 0.3) is 5.91 Å². The van der Waals surface area contributed by atoms with Crippen LogP contribution in [0.5, 0.6) is 0 Å². The lowest BCUT2D eigenvalue weighted by molar-refractivity contribution is 0.0953. The van der Waals surface area contributed by atoms with Crippen LogP contribution in [0.3, 0.4) is 0 Å². The highest BCUT2D eigenvalue weighted by atomic mass is 32.2. The summed E-state index contributed by atoms with van der Waals surface area (Å²) >= 11 is 0. The van der Waals surface area contributed by atoms with Crippen molar-refractivity contribution in [2.24, 2.45) is 0 Å². The first-order valence-electron chi connectivity index (χ1n) is 6.50. The van der Waals surface area contributed by atoms with Crippen molar-refractivity contribution in [3.8, 4) is 0 Å². The van der Waals surface area contributed by atoms with Crippen molar-refractivity contribution < 1.29 is 9.00 Å². The fourth-order valence-electron chi connectivity index (χ4n) is 1.76. The molecule has 1 aromatic rings. The fraction of sp³-hybridized carbons (Fsp3) is 0.500. The van der Waals surface area contributed by atoms with Gasteiger partial charge in [0.15, 0.2) is 0 Å². The Labute approximate surface area is 123 Å². The van der Waals surface area contributed by atoms with E-state index in [4.69, 9.17) is 5.73 Å². The summed E-state index contributed by atoms with van der Waals surface area (Å²) in [5.74, 6) is -0.156. The highest BCUT2D eigenvalue weighted by molar-refractivity contribution is 7.84. The van der Waals surface area contributed by atoms with Gasteiger partial charge >= 0.3 is 0 Å². The minimum absolute atomic E-state index is 0.0801. The lowest BCUT2D eigenvalue weighted by Crippen LogP contribution is -2.27. The number of hydrogen-bond donors (Lipinski definition) is 2. The second-order valence-electron chi connectivity index (χ2n) is 5.02. The molecule has 5 nitrogen and oxygen atoms in total. The predicted molar refractivity (Wildman–Crippen MR) is 85.7 cm³/mol. The van der Waals surface area contributed by atoms with Gasteiger partial charge in [-0.05, 0) is 24.6 Å². The third kappa shape index (κ3) is 4.52. The normalized spacial score (nSPS) is 13.6. The van der Waals surface area contributed by atoms with Crippen LogP contribution in [0, 0.1) is 0 Å². The molecule has 1 rings (SSSR count). The first kappa shape index (κ1) is 16.5. The number of hydrogen-bond acceptors (Lipinski definition) is 4. The second-order valence-corrected chi connectivity index (χ2v) is 6.82. The van der Waals surface area contributed by atoms with Gasteiger partial charge in [0.2, 0.25) is 0 Å². The van der Waals surface area contributed by atoms with Crippen LogP contribution in [-0.4, -0.2) is 42.3 Å². The quantitative estimate of drug-likeness (QED) is 0.774. The van der Waals surface area contributed by atoms with Crippen LogP contribution >= 0.6 is 0 Å². The van der Waals surface area contributed by atoms with Crippen LogP contribution in [0.2, 0.25) is 0 Å². The molecule has 0 bridgehead atoms. The van der Waals surface area contributed by atoms with Crippen molar-refractivity contribution in [1.82, 2.24) is 5.32 Å². The number of nitrogens with one attached hydrogen (secondary N) is 1. The molecule has 0 aliphatic heterocycles. The number of nitrogens with zero attached hydrogens (tertiary/aromatic N) is 1. The fourth-order valence-corrected chi connectivity index (χ4v) is 2.21.